The van der Waals surface area contributed by atoms with Crippen LogP contribution in [0.4, 0.5) is 4.39 Å². The molecule has 1 heterocycles. The molecule has 0 spiro atoms. The van der Waals surface area contributed by atoms with Crippen LogP contribution in [0.25, 0.3) is 0 Å². The van der Waals surface area contributed by atoms with E-state index in [0.717, 1.165) is 19.3 Å². The van der Waals surface area contributed by atoms with Gasteiger partial charge in [0.05, 0.1) is 12.7 Å². The number of likely N-dealkylation sites (tertiary alicyclic amines) is 1. The summed E-state index contributed by atoms with van der Waals surface area (Å²) in [5.41, 5.74) is 0.126. The van der Waals surface area contributed by atoms with Gasteiger partial charge in [-0.05, 0) is 45.2 Å². The SMILES string of the molecule is COc1ccc(C(=O)N2[C@H](C)CCC[C@@H]2C)c(F)c1. The van der Waals surface area contributed by atoms with E-state index >= 15 is 0 Å². The van der Waals surface area contributed by atoms with Gasteiger partial charge in [-0.15, -0.1) is 0 Å². The third-order valence-corrected chi connectivity index (χ3v) is 3.83. The normalized spacial score (nSPS) is 23.3. The number of piperidine rings is 1. The van der Waals surface area contributed by atoms with Gasteiger partial charge in [-0.1, -0.05) is 0 Å². The number of hydrogen-bond acceptors (Lipinski definition) is 2. The third kappa shape index (κ3) is 2.72. The van der Waals surface area contributed by atoms with E-state index in [9.17, 15) is 9.18 Å². The number of carbonyl (C=O) groups excluding carboxylic acids is 1. The summed E-state index contributed by atoms with van der Waals surface area (Å²) in [4.78, 5) is 14.3. The molecule has 1 saturated heterocycles. The molecule has 2 atom stereocenters. The van der Waals surface area contributed by atoms with Gasteiger partial charge < -0.3 is 9.64 Å². The van der Waals surface area contributed by atoms with E-state index in [4.69, 9.17) is 4.74 Å². The fraction of sp³-hybridized carbons (Fsp3) is 0.533. The summed E-state index contributed by atoms with van der Waals surface area (Å²) in [7, 11) is 1.48. The number of benzene rings is 1. The van der Waals surface area contributed by atoms with Gasteiger partial charge in [0.15, 0.2) is 0 Å². The molecule has 1 aliphatic rings. The highest BCUT2D eigenvalue weighted by Gasteiger charge is 2.30. The van der Waals surface area contributed by atoms with Crippen molar-refractivity contribution < 1.29 is 13.9 Å². The van der Waals surface area contributed by atoms with Crippen LogP contribution in [-0.2, 0) is 0 Å². The first-order chi connectivity index (χ1) is 9.04. The molecular weight excluding hydrogens is 245 g/mol. The minimum Gasteiger partial charge on any atom is -0.497 e. The van der Waals surface area contributed by atoms with E-state index in [1.807, 2.05) is 13.8 Å². The van der Waals surface area contributed by atoms with Crippen molar-refractivity contribution >= 4 is 5.91 Å². The maximum absolute atomic E-state index is 14.0. The summed E-state index contributed by atoms with van der Waals surface area (Å²) in [6, 6.07) is 4.71. The number of ether oxygens (including phenoxy) is 1. The molecule has 0 aliphatic carbocycles. The minimum atomic E-state index is -0.519. The Balaban J connectivity index is 2.28. The summed E-state index contributed by atoms with van der Waals surface area (Å²) >= 11 is 0. The summed E-state index contributed by atoms with van der Waals surface area (Å²) in [5, 5.41) is 0. The molecule has 1 aromatic carbocycles. The van der Waals surface area contributed by atoms with E-state index in [-0.39, 0.29) is 23.6 Å². The summed E-state index contributed by atoms with van der Waals surface area (Å²) in [5.74, 6) is -0.317. The molecule has 4 heteroatoms. The van der Waals surface area contributed by atoms with Crippen molar-refractivity contribution in [3.63, 3.8) is 0 Å². The molecule has 0 N–H and O–H groups in total. The number of rotatable bonds is 2. The Bertz CT molecular complexity index is 465. The van der Waals surface area contributed by atoms with Crippen LogP contribution in [0, 0.1) is 5.82 Å². The van der Waals surface area contributed by atoms with E-state index in [0.29, 0.717) is 5.75 Å². The highest BCUT2D eigenvalue weighted by Crippen LogP contribution is 2.26. The first kappa shape index (κ1) is 13.8. The van der Waals surface area contributed by atoms with E-state index in [2.05, 4.69) is 0 Å². The highest BCUT2D eigenvalue weighted by molar-refractivity contribution is 5.95. The van der Waals surface area contributed by atoms with Gasteiger partial charge >= 0.3 is 0 Å². The lowest BCUT2D eigenvalue weighted by Crippen LogP contribution is -2.47. The van der Waals surface area contributed by atoms with Crippen LogP contribution in [0.15, 0.2) is 18.2 Å². The van der Waals surface area contributed by atoms with E-state index in [1.54, 1.807) is 11.0 Å². The molecule has 0 bridgehead atoms. The third-order valence-electron chi connectivity index (χ3n) is 3.83. The predicted molar refractivity (Wildman–Crippen MR) is 71.9 cm³/mol. The Hall–Kier alpha value is -1.58. The predicted octanol–water partition coefficient (Wildman–Crippen LogP) is 3.24. The second kappa shape index (κ2) is 5.59. The number of hydrogen-bond donors (Lipinski definition) is 0. The van der Waals surface area contributed by atoms with Gasteiger partial charge in [0.2, 0.25) is 0 Å². The zero-order valence-corrected chi connectivity index (χ0v) is 11.6. The Morgan fingerprint density at radius 3 is 2.47 bits per heavy atom. The van der Waals surface area contributed by atoms with Gasteiger partial charge in [-0.2, -0.15) is 0 Å². The number of amides is 1. The van der Waals surface area contributed by atoms with Gasteiger partial charge in [0.1, 0.15) is 11.6 Å². The lowest BCUT2D eigenvalue weighted by Gasteiger charge is -2.39. The Labute approximate surface area is 113 Å². The average molecular weight is 265 g/mol. The molecule has 1 aliphatic heterocycles. The van der Waals surface area contributed by atoms with Crippen LogP contribution in [0.2, 0.25) is 0 Å². The standard InChI is InChI=1S/C15H20FNO2/c1-10-5-4-6-11(2)17(10)15(18)13-8-7-12(19-3)9-14(13)16/h7-11H,4-6H2,1-3H3/t10-,11+. The molecule has 2 rings (SSSR count). The topological polar surface area (TPSA) is 29.5 Å². The van der Waals surface area contributed by atoms with E-state index in [1.165, 1.54) is 19.2 Å². The summed E-state index contributed by atoms with van der Waals surface area (Å²) in [6.45, 7) is 4.05. The summed E-state index contributed by atoms with van der Waals surface area (Å²) in [6.07, 6.45) is 3.08. The Kier molecular flexibility index (Phi) is 4.08. The molecular formula is C15H20FNO2. The second-order valence-electron chi connectivity index (χ2n) is 5.19. The van der Waals surface area contributed by atoms with Crippen molar-refractivity contribution in [1.29, 1.82) is 0 Å². The maximum Gasteiger partial charge on any atom is 0.257 e. The number of methoxy groups -OCH3 is 1. The van der Waals surface area contributed by atoms with Crippen molar-refractivity contribution in [2.24, 2.45) is 0 Å². The van der Waals surface area contributed by atoms with Crippen molar-refractivity contribution in [3.8, 4) is 5.75 Å². The molecule has 19 heavy (non-hydrogen) atoms. The van der Waals surface area contributed by atoms with Crippen LogP contribution in [-0.4, -0.2) is 30.0 Å². The average Bonchev–Trinajstić information content (AvgIpc) is 2.38. The quantitative estimate of drug-likeness (QED) is 0.821. The molecule has 3 nitrogen and oxygen atoms in total. The largest absolute Gasteiger partial charge is 0.497 e. The molecule has 1 aromatic rings. The van der Waals surface area contributed by atoms with Crippen LogP contribution >= 0.6 is 0 Å². The fourth-order valence-electron chi connectivity index (χ4n) is 2.76. The smallest absolute Gasteiger partial charge is 0.257 e. The number of carbonyl (C=O) groups is 1. The molecule has 0 aromatic heterocycles. The van der Waals surface area contributed by atoms with Gasteiger partial charge in [0, 0.05) is 18.2 Å². The molecule has 104 valence electrons. The molecule has 1 fully saturated rings. The Morgan fingerprint density at radius 2 is 1.95 bits per heavy atom. The maximum atomic E-state index is 14.0. The second-order valence-corrected chi connectivity index (χ2v) is 5.19. The zero-order chi connectivity index (χ0) is 14.0. The number of nitrogens with zero attached hydrogens (tertiary/aromatic N) is 1. The molecule has 0 radical (unpaired) electrons. The zero-order valence-electron chi connectivity index (χ0n) is 11.6. The van der Waals surface area contributed by atoms with Gasteiger partial charge in [-0.3, -0.25) is 4.79 Å². The molecule has 0 unspecified atom stereocenters. The van der Waals surface area contributed by atoms with Gasteiger partial charge in [0.25, 0.3) is 5.91 Å². The van der Waals surface area contributed by atoms with Crippen molar-refractivity contribution in [2.45, 2.75) is 45.2 Å². The van der Waals surface area contributed by atoms with Crippen molar-refractivity contribution in [2.75, 3.05) is 7.11 Å². The van der Waals surface area contributed by atoms with Crippen LogP contribution in [0.3, 0.4) is 0 Å². The van der Waals surface area contributed by atoms with Crippen LogP contribution in [0.5, 0.6) is 5.75 Å². The van der Waals surface area contributed by atoms with Crippen molar-refractivity contribution in [3.05, 3.63) is 29.6 Å². The van der Waals surface area contributed by atoms with Crippen molar-refractivity contribution in [1.82, 2.24) is 4.90 Å². The first-order valence-corrected chi connectivity index (χ1v) is 6.70. The fourth-order valence-corrected chi connectivity index (χ4v) is 2.76. The van der Waals surface area contributed by atoms with E-state index < -0.39 is 5.82 Å². The molecule has 1 amide bonds. The van der Waals surface area contributed by atoms with Crippen LogP contribution < -0.4 is 4.74 Å². The van der Waals surface area contributed by atoms with Crippen LogP contribution in [0.1, 0.15) is 43.5 Å². The molecule has 0 saturated carbocycles. The summed E-state index contributed by atoms with van der Waals surface area (Å²) < 4.78 is 18.9. The number of halogens is 1. The monoisotopic (exact) mass is 265 g/mol. The first-order valence-electron chi connectivity index (χ1n) is 6.70. The minimum absolute atomic E-state index is 0.126. The van der Waals surface area contributed by atoms with Gasteiger partial charge in [-0.25, -0.2) is 4.39 Å². The lowest BCUT2D eigenvalue weighted by atomic mass is 9.96. The Morgan fingerprint density at radius 1 is 1.32 bits per heavy atom. The lowest BCUT2D eigenvalue weighted by molar-refractivity contribution is 0.0506. The highest BCUT2D eigenvalue weighted by atomic mass is 19.1.